The molecular formula is C32H54AlN8. The Kier molecular flexibility index (Phi) is 6.69. The van der Waals surface area contributed by atoms with Gasteiger partial charge in [0, 0.05) is 24.7 Å². The molecule has 6 N–H and O–H groups in total. The molecule has 4 saturated carbocycles. The molecule has 0 aromatic heterocycles. The van der Waals surface area contributed by atoms with Gasteiger partial charge in [0.2, 0.25) is 0 Å². The summed E-state index contributed by atoms with van der Waals surface area (Å²) < 4.78 is 6.16. The molecule has 16 unspecified atom stereocenters. The summed E-state index contributed by atoms with van der Waals surface area (Å²) in [6.07, 6.45) is 26.7. The van der Waals surface area contributed by atoms with E-state index in [1.54, 1.807) is 0 Å². The van der Waals surface area contributed by atoms with Crippen LogP contribution in [0.3, 0.4) is 0 Å². The minimum absolute atomic E-state index is 0.0433. The fourth-order valence-corrected chi connectivity index (χ4v) is 14.9. The predicted octanol–water partition coefficient (Wildman–Crippen LogP) is 2.58. The van der Waals surface area contributed by atoms with E-state index in [9.17, 15) is 0 Å². The van der Waals surface area contributed by atoms with Crippen molar-refractivity contribution in [2.75, 3.05) is 0 Å². The Labute approximate surface area is 254 Å². The van der Waals surface area contributed by atoms with E-state index < -0.39 is 0 Å². The molecule has 6 saturated heterocycles. The summed E-state index contributed by atoms with van der Waals surface area (Å²) >= 11 is 0.0433. The first-order valence-corrected chi connectivity index (χ1v) is 19.3. The molecule has 0 spiro atoms. The highest BCUT2D eigenvalue weighted by atomic mass is 27.1. The van der Waals surface area contributed by atoms with E-state index in [1.807, 2.05) is 0 Å². The Morgan fingerprint density at radius 3 is 0.829 bits per heavy atom. The normalized spacial score (nSPS) is 58.0. The highest BCUT2D eigenvalue weighted by molar-refractivity contribution is 6.29. The number of nitrogens with zero attached hydrogens (tertiary/aromatic N) is 2. The summed E-state index contributed by atoms with van der Waals surface area (Å²) in [4.78, 5) is 0. The predicted molar refractivity (Wildman–Crippen MR) is 160 cm³/mol. The van der Waals surface area contributed by atoms with Gasteiger partial charge >= 0.3 is 15.7 Å². The van der Waals surface area contributed by atoms with E-state index in [2.05, 4.69) is 39.7 Å². The first kappa shape index (κ1) is 26.4. The van der Waals surface area contributed by atoms with Crippen LogP contribution in [-0.4, -0.2) is 72.8 Å². The van der Waals surface area contributed by atoms with Crippen LogP contribution >= 0.6 is 0 Å². The summed E-state index contributed by atoms with van der Waals surface area (Å²) in [5.74, 6) is 6.30. The van der Waals surface area contributed by atoms with Crippen molar-refractivity contribution in [1.82, 2.24) is 39.7 Å². The van der Waals surface area contributed by atoms with Crippen LogP contribution in [0, 0.1) is 47.3 Å². The van der Waals surface area contributed by atoms with Gasteiger partial charge in [0.1, 0.15) is 0 Å². The van der Waals surface area contributed by atoms with Gasteiger partial charge in [-0.1, -0.05) is 51.4 Å². The molecule has 10 fully saturated rings. The number of fused-ring (bicyclic) bond motifs is 16. The van der Waals surface area contributed by atoms with Crippen LogP contribution < -0.4 is 31.9 Å². The lowest BCUT2D eigenvalue weighted by Crippen LogP contribution is -2.70. The topological polar surface area (TPSA) is 78.7 Å². The lowest BCUT2D eigenvalue weighted by atomic mass is 9.76. The summed E-state index contributed by atoms with van der Waals surface area (Å²) in [5.41, 5.74) is 0. The van der Waals surface area contributed by atoms with Crippen molar-refractivity contribution in [1.29, 1.82) is 0 Å². The maximum atomic E-state index is 4.45. The Balaban J connectivity index is 1.10. The van der Waals surface area contributed by atoms with Crippen molar-refractivity contribution in [2.24, 2.45) is 47.3 Å². The van der Waals surface area contributed by atoms with E-state index in [0.717, 1.165) is 47.3 Å². The van der Waals surface area contributed by atoms with Crippen LogP contribution in [0.15, 0.2) is 0 Å². The number of hydrogen-bond donors (Lipinski definition) is 6. The van der Waals surface area contributed by atoms with E-state index in [0.29, 0.717) is 49.3 Å². The quantitative estimate of drug-likeness (QED) is 0.246. The van der Waals surface area contributed by atoms with Gasteiger partial charge in [-0.05, 0) is 98.7 Å². The lowest BCUT2D eigenvalue weighted by molar-refractivity contribution is 0.123. The minimum Gasteiger partial charge on any atom is -0.348 e. The average molecular weight is 578 g/mol. The summed E-state index contributed by atoms with van der Waals surface area (Å²) in [6, 6.07) is 0. The standard InChI is InChI=1S/C32H54N8.Al/c1-2-10-18-17(9-1)25-33-26(18)38-28-21-13-5-6-14-22(21)30(35-28)40-32-24-16-8-7-15-23(24)31(36-32)39-29-20-12-4-3-11-19(20)27(34-29)37-25;/h17-33,36-40H,1-16H2;/q-2;+2. The third-order valence-electron chi connectivity index (χ3n) is 14.5. The third kappa shape index (κ3) is 4.06. The molecule has 6 bridgehead atoms. The smallest absolute Gasteiger partial charge is 0.348 e. The van der Waals surface area contributed by atoms with Gasteiger partial charge in [-0.25, -0.2) is 0 Å². The average Bonchev–Trinajstić information content (AvgIpc) is 3.72. The maximum Gasteiger partial charge on any atom is 0.460 e. The molecule has 0 amide bonds. The van der Waals surface area contributed by atoms with Crippen molar-refractivity contribution >= 4 is 15.7 Å². The van der Waals surface area contributed by atoms with Gasteiger partial charge in [0.25, 0.3) is 0 Å². The molecule has 8 nitrogen and oxygen atoms in total. The Morgan fingerprint density at radius 2 is 0.561 bits per heavy atom. The number of rotatable bonds is 0. The van der Waals surface area contributed by atoms with Crippen molar-refractivity contribution in [2.45, 2.75) is 152 Å². The highest BCUT2D eigenvalue weighted by Gasteiger charge is 2.60. The highest BCUT2D eigenvalue weighted by Crippen LogP contribution is 2.50. The van der Waals surface area contributed by atoms with Crippen molar-refractivity contribution in [3.05, 3.63) is 0 Å². The van der Waals surface area contributed by atoms with E-state index in [1.165, 1.54) is 103 Å². The Morgan fingerprint density at radius 1 is 0.317 bits per heavy atom. The SMILES string of the molecule is C1CCC2C3NC(NC4C5CCCCC5C5NC6NC(NC7C8CCCCC8C(N3)[N]7[Al][N]45)C3CCCCC63)C2C1. The third-order valence-corrected chi connectivity index (χ3v) is 16.3. The monoisotopic (exact) mass is 577 g/mol. The second kappa shape index (κ2) is 10.4. The van der Waals surface area contributed by atoms with Crippen LogP contribution in [0.5, 0.6) is 0 Å². The number of nitrogens with one attached hydrogen (secondary N) is 6. The molecule has 10 aliphatic rings. The van der Waals surface area contributed by atoms with Gasteiger partial charge in [0.05, 0.1) is 24.7 Å². The lowest BCUT2D eigenvalue weighted by Gasteiger charge is -2.44. The number of hydrogen-bond acceptors (Lipinski definition) is 8. The molecule has 0 aromatic carbocycles. The first-order chi connectivity index (χ1) is 20.3. The van der Waals surface area contributed by atoms with Crippen LogP contribution in [-0.2, 0) is 0 Å². The minimum atomic E-state index is 0.0433. The summed E-state index contributed by atoms with van der Waals surface area (Å²) in [6.45, 7) is 0. The van der Waals surface area contributed by atoms with Gasteiger partial charge in [0.15, 0.2) is 0 Å². The van der Waals surface area contributed by atoms with Crippen molar-refractivity contribution in [3.63, 3.8) is 0 Å². The maximum absolute atomic E-state index is 4.45. The van der Waals surface area contributed by atoms with Crippen molar-refractivity contribution < 1.29 is 0 Å². The molecule has 41 heavy (non-hydrogen) atoms. The van der Waals surface area contributed by atoms with Crippen LogP contribution in [0.4, 0.5) is 0 Å². The van der Waals surface area contributed by atoms with E-state index in [-0.39, 0.29) is 15.7 Å². The Hall–Kier alpha value is 0.212. The van der Waals surface area contributed by atoms with E-state index >= 15 is 0 Å². The van der Waals surface area contributed by atoms with Crippen molar-refractivity contribution in [3.8, 4) is 0 Å². The van der Waals surface area contributed by atoms with Gasteiger partial charge < -0.3 is 7.77 Å². The molecule has 0 aromatic rings. The molecule has 4 aliphatic carbocycles. The van der Waals surface area contributed by atoms with Crippen LogP contribution in [0.2, 0.25) is 0 Å². The summed E-state index contributed by atoms with van der Waals surface area (Å²) in [7, 11) is 0. The second-order valence-electron chi connectivity index (χ2n) is 16.1. The zero-order valence-corrected chi connectivity index (χ0v) is 26.2. The fourth-order valence-electron chi connectivity index (χ4n) is 12.8. The van der Waals surface area contributed by atoms with E-state index in [4.69, 9.17) is 0 Å². The molecule has 16 atom stereocenters. The summed E-state index contributed by atoms with van der Waals surface area (Å²) in [5, 5.41) is 26.3. The van der Waals surface area contributed by atoms with Crippen LogP contribution in [0.25, 0.3) is 0 Å². The zero-order valence-electron chi connectivity index (χ0n) is 25.0. The second-order valence-corrected chi connectivity index (χ2v) is 17.6. The van der Waals surface area contributed by atoms with Gasteiger partial charge in [-0.3, -0.25) is 31.9 Å². The molecule has 225 valence electrons. The van der Waals surface area contributed by atoms with Gasteiger partial charge in [-0.15, -0.1) is 0 Å². The molecule has 6 heterocycles. The molecule has 10 rings (SSSR count). The largest absolute Gasteiger partial charge is 0.460 e. The van der Waals surface area contributed by atoms with Gasteiger partial charge in [-0.2, -0.15) is 0 Å². The first-order valence-electron chi connectivity index (χ1n) is 18.3. The van der Waals surface area contributed by atoms with Crippen LogP contribution in [0.1, 0.15) is 103 Å². The molecular weight excluding hydrogens is 523 g/mol. The Bertz CT molecular complexity index is 853. The fraction of sp³-hybridized carbons (Fsp3) is 1.00. The molecule has 6 aliphatic heterocycles. The molecule has 9 heteroatoms. The molecule has 1 radical (unpaired) electrons. The zero-order chi connectivity index (χ0) is 26.7.